The lowest BCUT2D eigenvalue weighted by Crippen LogP contribution is -2.48. The fourth-order valence-corrected chi connectivity index (χ4v) is 2.41. The maximum atomic E-state index is 12.2. The molecule has 0 unspecified atom stereocenters. The molecule has 1 aromatic rings. The number of carbonyl (C=O) groups excluding carboxylic acids is 1. The first kappa shape index (κ1) is 12.4. The van der Waals surface area contributed by atoms with Crippen LogP contribution in [0, 0.1) is 0 Å². The predicted molar refractivity (Wildman–Crippen MR) is 70.5 cm³/mol. The lowest BCUT2D eigenvalue weighted by molar-refractivity contribution is -0.118. The number of nitrogens with zero attached hydrogens (tertiary/aromatic N) is 1. The Kier molecular flexibility index (Phi) is 3.40. The minimum Gasteiger partial charge on any atom is -0.308 e. The molecule has 0 atom stereocenters. The van der Waals surface area contributed by atoms with Crippen LogP contribution in [0.2, 0.25) is 5.02 Å². The van der Waals surface area contributed by atoms with Crippen LogP contribution in [0.5, 0.6) is 0 Å². The standard InChI is InChI=1S/C13H17ClN2O/c1-13(2)6-7-15-9-12(17)16(13)11-5-3-4-10(14)8-11/h3-5,8,15H,6-7,9H2,1-2H3. The van der Waals surface area contributed by atoms with Gasteiger partial charge >= 0.3 is 0 Å². The normalized spacial score (nSPS) is 20.2. The molecule has 0 aromatic heterocycles. The first-order valence-corrected chi connectivity index (χ1v) is 6.18. The molecule has 1 heterocycles. The summed E-state index contributed by atoms with van der Waals surface area (Å²) in [5.41, 5.74) is 0.682. The van der Waals surface area contributed by atoms with Crippen molar-refractivity contribution in [2.75, 3.05) is 18.0 Å². The summed E-state index contributed by atoms with van der Waals surface area (Å²) < 4.78 is 0. The van der Waals surface area contributed by atoms with Gasteiger partial charge in [0.1, 0.15) is 0 Å². The Morgan fingerprint density at radius 3 is 2.88 bits per heavy atom. The van der Waals surface area contributed by atoms with Crippen LogP contribution in [0.15, 0.2) is 24.3 Å². The molecule has 1 aliphatic heterocycles. The highest BCUT2D eigenvalue weighted by molar-refractivity contribution is 6.30. The van der Waals surface area contributed by atoms with Gasteiger partial charge in [-0.05, 0) is 45.0 Å². The zero-order valence-corrected chi connectivity index (χ0v) is 10.9. The number of hydrogen-bond acceptors (Lipinski definition) is 2. The van der Waals surface area contributed by atoms with E-state index in [1.807, 2.05) is 29.2 Å². The van der Waals surface area contributed by atoms with Gasteiger partial charge in [-0.3, -0.25) is 4.79 Å². The number of rotatable bonds is 1. The van der Waals surface area contributed by atoms with E-state index in [9.17, 15) is 4.79 Å². The number of anilines is 1. The van der Waals surface area contributed by atoms with E-state index in [4.69, 9.17) is 11.6 Å². The summed E-state index contributed by atoms with van der Waals surface area (Å²) in [4.78, 5) is 14.0. The molecule has 92 valence electrons. The van der Waals surface area contributed by atoms with Gasteiger partial charge in [0.15, 0.2) is 0 Å². The lowest BCUT2D eigenvalue weighted by Gasteiger charge is -2.37. The topological polar surface area (TPSA) is 32.3 Å². The predicted octanol–water partition coefficient (Wildman–Crippen LogP) is 2.44. The average Bonchev–Trinajstić information content (AvgIpc) is 2.36. The fraction of sp³-hybridized carbons (Fsp3) is 0.462. The van der Waals surface area contributed by atoms with E-state index in [0.717, 1.165) is 18.7 Å². The number of halogens is 1. The van der Waals surface area contributed by atoms with Crippen molar-refractivity contribution in [3.8, 4) is 0 Å². The van der Waals surface area contributed by atoms with Gasteiger partial charge in [0.05, 0.1) is 6.54 Å². The summed E-state index contributed by atoms with van der Waals surface area (Å²) in [5.74, 6) is 0.0924. The third kappa shape index (κ3) is 2.61. The fourth-order valence-electron chi connectivity index (χ4n) is 2.23. The molecule has 1 N–H and O–H groups in total. The molecule has 0 radical (unpaired) electrons. The molecule has 1 amide bonds. The van der Waals surface area contributed by atoms with E-state index in [-0.39, 0.29) is 11.4 Å². The van der Waals surface area contributed by atoms with E-state index in [1.54, 1.807) is 0 Å². The Hall–Kier alpha value is -1.06. The molecule has 1 fully saturated rings. The van der Waals surface area contributed by atoms with E-state index < -0.39 is 0 Å². The van der Waals surface area contributed by atoms with Crippen molar-refractivity contribution in [3.05, 3.63) is 29.3 Å². The van der Waals surface area contributed by atoms with Crippen molar-refractivity contribution in [3.63, 3.8) is 0 Å². The summed E-state index contributed by atoms with van der Waals surface area (Å²) in [5, 5.41) is 3.80. The van der Waals surface area contributed by atoms with Crippen molar-refractivity contribution in [1.82, 2.24) is 5.32 Å². The van der Waals surface area contributed by atoms with Crippen molar-refractivity contribution in [2.45, 2.75) is 25.8 Å². The van der Waals surface area contributed by atoms with Gasteiger partial charge in [-0.25, -0.2) is 0 Å². The number of benzene rings is 1. The van der Waals surface area contributed by atoms with E-state index in [0.29, 0.717) is 11.6 Å². The van der Waals surface area contributed by atoms with Gasteiger partial charge in [0.25, 0.3) is 0 Å². The first-order chi connectivity index (χ1) is 8.00. The minimum atomic E-state index is -0.189. The molecule has 3 nitrogen and oxygen atoms in total. The average molecular weight is 253 g/mol. The van der Waals surface area contributed by atoms with Crippen LogP contribution < -0.4 is 10.2 Å². The van der Waals surface area contributed by atoms with Gasteiger partial charge in [-0.15, -0.1) is 0 Å². The van der Waals surface area contributed by atoms with Crippen molar-refractivity contribution >= 4 is 23.2 Å². The van der Waals surface area contributed by atoms with Crippen molar-refractivity contribution < 1.29 is 4.79 Å². The van der Waals surface area contributed by atoms with Gasteiger partial charge in [-0.2, -0.15) is 0 Å². The van der Waals surface area contributed by atoms with Gasteiger partial charge in [-0.1, -0.05) is 17.7 Å². The van der Waals surface area contributed by atoms with Crippen molar-refractivity contribution in [1.29, 1.82) is 0 Å². The molecule has 0 spiro atoms. The molecule has 1 aliphatic rings. The third-order valence-corrected chi connectivity index (χ3v) is 3.35. The van der Waals surface area contributed by atoms with Gasteiger partial charge < -0.3 is 10.2 Å². The molecular formula is C13H17ClN2O. The molecule has 1 aromatic carbocycles. The summed E-state index contributed by atoms with van der Waals surface area (Å²) in [6.07, 6.45) is 0.922. The third-order valence-electron chi connectivity index (χ3n) is 3.11. The highest BCUT2D eigenvalue weighted by Crippen LogP contribution is 2.29. The van der Waals surface area contributed by atoms with E-state index in [2.05, 4.69) is 19.2 Å². The second-order valence-electron chi connectivity index (χ2n) is 4.95. The molecule has 4 heteroatoms. The summed E-state index contributed by atoms with van der Waals surface area (Å²) >= 11 is 5.99. The Balaban J connectivity index is 2.41. The molecule has 2 rings (SSSR count). The molecular weight excluding hydrogens is 236 g/mol. The van der Waals surface area contributed by atoms with Crippen LogP contribution in [0.1, 0.15) is 20.3 Å². The summed E-state index contributed by atoms with van der Waals surface area (Å²) in [7, 11) is 0. The molecule has 0 aliphatic carbocycles. The van der Waals surface area contributed by atoms with Crippen LogP contribution in [-0.2, 0) is 4.79 Å². The molecule has 17 heavy (non-hydrogen) atoms. The lowest BCUT2D eigenvalue weighted by atomic mass is 9.97. The van der Waals surface area contributed by atoms with Crippen LogP contribution in [0.4, 0.5) is 5.69 Å². The smallest absolute Gasteiger partial charge is 0.241 e. The molecule has 1 saturated heterocycles. The van der Waals surface area contributed by atoms with Crippen LogP contribution in [0.25, 0.3) is 0 Å². The zero-order valence-electron chi connectivity index (χ0n) is 10.2. The van der Waals surface area contributed by atoms with Gasteiger partial charge in [0, 0.05) is 16.2 Å². The summed E-state index contributed by atoms with van der Waals surface area (Å²) in [6, 6.07) is 7.46. The second-order valence-corrected chi connectivity index (χ2v) is 5.38. The van der Waals surface area contributed by atoms with E-state index in [1.165, 1.54) is 0 Å². The summed E-state index contributed by atoms with van der Waals surface area (Å²) in [6.45, 7) is 5.41. The van der Waals surface area contributed by atoms with Crippen LogP contribution in [-0.4, -0.2) is 24.5 Å². The maximum absolute atomic E-state index is 12.2. The Morgan fingerprint density at radius 2 is 2.18 bits per heavy atom. The SMILES string of the molecule is CC1(C)CCNCC(=O)N1c1cccc(Cl)c1. The number of amides is 1. The first-order valence-electron chi connectivity index (χ1n) is 5.80. The Labute approximate surface area is 107 Å². The number of nitrogens with one attached hydrogen (secondary N) is 1. The molecule has 0 saturated carbocycles. The minimum absolute atomic E-state index is 0.0924. The highest BCUT2D eigenvalue weighted by Gasteiger charge is 2.33. The Bertz CT molecular complexity index is 431. The molecule has 0 bridgehead atoms. The number of carbonyl (C=O) groups is 1. The van der Waals surface area contributed by atoms with E-state index >= 15 is 0 Å². The van der Waals surface area contributed by atoms with Crippen molar-refractivity contribution in [2.24, 2.45) is 0 Å². The maximum Gasteiger partial charge on any atom is 0.241 e. The Morgan fingerprint density at radius 1 is 1.41 bits per heavy atom. The largest absolute Gasteiger partial charge is 0.308 e. The quantitative estimate of drug-likeness (QED) is 0.833. The second kappa shape index (κ2) is 4.67. The highest BCUT2D eigenvalue weighted by atomic mass is 35.5. The monoisotopic (exact) mass is 252 g/mol. The zero-order chi connectivity index (χ0) is 12.5. The van der Waals surface area contributed by atoms with Gasteiger partial charge in [0.2, 0.25) is 5.91 Å². The number of hydrogen-bond donors (Lipinski definition) is 1. The van der Waals surface area contributed by atoms with Crippen LogP contribution >= 0.6 is 11.6 Å². The van der Waals surface area contributed by atoms with Crippen LogP contribution in [0.3, 0.4) is 0 Å².